The molecule has 19 heteroatoms. The minimum Gasteiger partial charge on any atom is -0.478 e. The number of anilines is 1. The molecule has 1 saturated heterocycles. The first kappa shape index (κ1) is 26.7. The molecule has 34 heavy (non-hydrogen) atoms. The lowest BCUT2D eigenvalue weighted by atomic mass is 9.98. The van der Waals surface area contributed by atoms with E-state index in [9.17, 15) is 27.6 Å². The molecule has 0 unspecified atom stereocenters. The van der Waals surface area contributed by atoms with Crippen LogP contribution >= 0.6 is 11.3 Å². The van der Waals surface area contributed by atoms with Crippen LogP contribution in [-0.2, 0) is 38.9 Å². The van der Waals surface area contributed by atoms with E-state index in [0.717, 1.165) is 11.3 Å². The summed E-state index contributed by atoms with van der Waals surface area (Å²) in [4.78, 5) is 61.0. The summed E-state index contributed by atoms with van der Waals surface area (Å²) in [6.45, 7) is 1.72. The number of nitrogens with zero attached hydrogens (tertiary/aromatic N) is 3. The molecule has 0 saturated carbocycles. The van der Waals surface area contributed by atoms with Crippen LogP contribution in [-0.4, -0.2) is 87.9 Å². The third-order valence-electron chi connectivity index (χ3n) is 4.05. The Balaban J connectivity index is 2.26. The van der Waals surface area contributed by atoms with Gasteiger partial charge in [0, 0.05) is 5.38 Å². The van der Waals surface area contributed by atoms with Crippen molar-refractivity contribution in [3.8, 4) is 0 Å². The third kappa shape index (κ3) is 6.73. The Hall–Kier alpha value is -3.55. The number of aromatic nitrogens is 1. The van der Waals surface area contributed by atoms with Crippen molar-refractivity contribution < 1.29 is 51.7 Å². The molecule has 1 aliphatic heterocycles. The fourth-order valence-corrected chi connectivity index (χ4v) is 3.09. The Morgan fingerprint density at radius 2 is 2.03 bits per heavy atom. The number of carboxylic acids is 1. The monoisotopic (exact) mass is 524 g/mol. The highest BCUT2D eigenvalue weighted by atomic mass is 32.2. The summed E-state index contributed by atoms with van der Waals surface area (Å²) in [6, 6.07) is -2.68. The van der Waals surface area contributed by atoms with Crippen LogP contribution in [0.5, 0.6) is 0 Å². The summed E-state index contributed by atoms with van der Waals surface area (Å²) in [5.41, 5.74) is 7.98. The quantitative estimate of drug-likeness (QED) is 0.0897. The highest BCUT2D eigenvalue weighted by molar-refractivity contribution is 7.85. The van der Waals surface area contributed by atoms with Gasteiger partial charge in [0.2, 0.25) is 11.5 Å². The van der Waals surface area contributed by atoms with Crippen LogP contribution in [0.3, 0.4) is 0 Å². The second kappa shape index (κ2) is 10.2. The molecule has 7 N–H and O–H groups in total. The predicted molar refractivity (Wildman–Crippen MR) is 111 cm³/mol. The molecule has 2 atom stereocenters. The SMILES string of the molecule is CC(C)(ON=C(C(=O)N[C@@H]1C(=O)N(OCS(=O)(=O)O)[C@H]1COC(N)=O)c1csc(N)n1)C(=O)O. The second-order valence-corrected chi connectivity index (χ2v) is 9.35. The largest absolute Gasteiger partial charge is 0.478 e. The number of nitrogen functional groups attached to an aromatic ring is 1. The van der Waals surface area contributed by atoms with Gasteiger partial charge in [-0.15, -0.1) is 11.3 Å². The van der Waals surface area contributed by atoms with E-state index in [4.69, 9.17) is 30.8 Å². The zero-order chi connectivity index (χ0) is 25.8. The fraction of sp³-hybridized carbons (Fsp3) is 0.467. The number of hydrogen-bond donors (Lipinski definition) is 5. The van der Waals surface area contributed by atoms with Gasteiger partial charge in [-0.05, 0) is 13.8 Å². The topological polar surface area (TPSA) is 263 Å². The summed E-state index contributed by atoms with van der Waals surface area (Å²) >= 11 is 0.937. The first-order chi connectivity index (χ1) is 15.6. The number of carbonyl (C=O) groups is 4. The molecule has 2 rings (SSSR count). The minimum atomic E-state index is -4.63. The van der Waals surface area contributed by atoms with Crippen molar-refractivity contribution in [2.75, 3.05) is 18.3 Å². The van der Waals surface area contributed by atoms with Crippen LogP contribution in [0, 0.1) is 0 Å². The number of oxime groups is 1. The van der Waals surface area contributed by atoms with Gasteiger partial charge in [-0.3, -0.25) is 19.0 Å². The van der Waals surface area contributed by atoms with E-state index in [0.29, 0.717) is 5.06 Å². The number of rotatable bonds is 11. The number of carbonyl (C=O) groups excluding carboxylic acids is 3. The van der Waals surface area contributed by atoms with Gasteiger partial charge in [-0.1, -0.05) is 5.16 Å². The number of hydroxylamine groups is 2. The summed E-state index contributed by atoms with van der Waals surface area (Å²) in [5.74, 6) is -4.73. The molecule has 17 nitrogen and oxygen atoms in total. The van der Waals surface area contributed by atoms with E-state index in [-0.39, 0.29) is 10.8 Å². The van der Waals surface area contributed by atoms with E-state index < -0.39 is 69.9 Å². The van der Waals surface area contributed by atoms with Crippen molar-refractivity contribution in [3.63, 3.8) is 0 Å². The number of nitrogens with one attached hydrogen (secondary N) is 1. The Bertz CT molecular complexity index is 1120. The van der Waals surface area contributed by atoms with Gasteiger partial charge in [-0.25, -0.2) is 19.6 Å². The molecule has 0 bridgehead atoms. The van der Waals surface area contributed by atoms with Crippen molar-refractivity contribution in [1.82, 2.24) is 15.4 Å². The van der Waals surface area contributed by atoms with Gasteiger partial charge < -0.3 is 31.5 Å². The number of amides is 3. The lowest BCUT2D eigenvalue weighted by Gasteiger charge is -2.44. The maximum Gasteiger partial charge on any atom is 0.404 e. The van der Waals surface area contributed by atoms with E-state index in [2.05, 4.69) is 20.2 Å². The number of carboxylic acid groups (broad SMARTS) is 1. The van der Waals surface area contributed by atoms with Gasteiger partial charge in [0.25, 0.3) is 21.9 Å². The molecule has 0 aliphatic carbocycles. The number of β-lactam (4-membered cyclic amide) rings is 1. The number of nitrogens with two attached hydrogens (primary N) is 2. The summed E-state index contributed by atoms with van der Waals surface area (Å²) in [7, 11) is -4.63. The van der Waals surface area contributed by atoms with Crippen LogP contribution < -0.4 is 16.8 Å². The first-order valence-corrected chi connectivity index (χ1v) is 11.5. The zero-order valence-electron chi connectivity index (χ0n) is 17.5. The maximum absolute atomic E-state index is 12.9. The van der Waals surface area contributed by atoms with Crippen LogP contribution in [0.2, 0.25) is 0 Å². The second-order valence-electron chi connectivity index (χ2n) is 7.06. The van der Waals surface area contributed by atoms with Crippen molar-refractivity contribution >= 4 is 56.2 Å². The number of ether oxygens (including phenoxy) is 1. The minimum absolute atomic E-state index is 0.0465. The highest BCUT2D eigenvalue weighted by Gasteiger charge is 2.51. The number of primary amides is 1. The lowest BCUT2D eigenvalue weighted by molar-refractivity contribution is -0.232. The lowest BCUT2D eigenvalue weighted by Crippen LogP contribution is -2.72. The average molecular weight is 524 g/mol. The van der Waals surface area contributed by atoms with Crippen LogP contribution in [0.15, 0.2) is 10.5 Å². The number of hydrogen-bond acceptors (Lipinski definition) is 13. The zero-order valence-corrected chi connectivity index (χ0v) is 19.2. The normalized spacial score (nSPS) is 18.7. The highest BCUT2D eigenvalue weighted by Crippen LogP contribution is 2.22. The molecule has 0 spiro atoms. The van der Waals surface area contributed by atoms with Crippen molar-refractivity contribution in [2.24, 2.45) is 10.9 Å². The van der Waals surface area contributed by atoms with Gasteiger partial charge in [0.15, 0.2) is 10.8 Å². The molecule has 3 amide bonds. The van der Waals surface area contributed by atoms with Gasteiger partial charge in [-0.2, -0.15) is 8.42 Å². The van der Waals surface area contributed by atoms with Crippen LogP contribution in [0.25, 0.3) is 0 Å². The van der Waals surface area contributed by atoms with Crippen molar-refractivity contribution in [3.05, 3.63) is 11.1 Å². The van der Waals surface area contributed by atoms with Crippen LogP contribution in [0.4, 0.5) is 9.93 Å². The van der Waals surface area contributed by atoms with Crippen molar-refractivity contribution in [2.45, 2.75) is 31.5 Å². The molecule has 0 aromatic carbocycles. The average Bonchev–Trinajstić information content (AvgIpc) is 3.13. The number of thiazole rings is 1. The smallest absolute Gasteiger partial charge is 0.404 e. The van der Waals surface area contributed by atoms with Gasteiger partial charge in [0.1, 0.15) is 24.4 Å². The summed E-state index contributed by atoms with van der Waals surface area (Å²) in [5, 5.41) is 16.8. The van der Waals surface area contributed by atoms with Gasteiger partial charge in [0.05, 0.1) is 0 Å². The molecule has 188 valence electrons. The summed E-state index contributed by atoms with van der Waals surface area (Å²) in [6.07, 6.45) is -1.23. The van der Waals surface area contributed by atoms with Crippen molar-refractivity contribution in [1.29, 1.82) is 0 Å². The van der Waals surface area contributed by atoms with E-state index >= 15 is 0 Å². The molecule has 2 heterocycles. The Kier molecular flexibility index (Phi) is 7.97. The van der Waals surface area contributed by atoms with E-state index in [1.807, 2.05) is 0 Å². The molecule has 1 aromatic heterocycles. The summed E-state index contributed by atoms with van der Waals surface area (Å²) < 4.78 is 35.2. The third-order valence-corrected chi connectivity index (χ3v) is 5.13. The number of aliphatic carboxylic acids is 1. The molecular weight excluding hydrogens is 504 g/mol. The Morgan fingerprint density at radius 1 is 1.38 bits per heavy atom. The molecule has 1 fully saturated rings. The standard InChI is InChI=1S/C15H20N6O11S2/c1-15(2,12(24)25)32-20-8(6-4-33-13(16)18-6)10(22)19-9-7(3-30-14(17)26)21(11(9)23)31-5-34(27,28)29/h4,7,9H,3,5H2,1-2H3,(H2,16,18)(H2,17,26)(H,19,22)(H,24,25)(H,27,28,29)/t7-,9-/m0/s1. The van der Waals surface area contributed by atoms with E-state index in [1.165, 1.54) is 19.2 Å². The van der Waals surface area contributed by atoms with Gasteiger partial charge >= 0.3 is 12.1 Å². The molecule has 1 aliphatic rings. The Labute approximate surface area is 195 Å². The fourth-order valence-electron chi connectivity index (χ4n) is 2.30. The van der Waals surface area contributed by atoms with E-state index in [1.54, 1.807) is 0 Å². The molecular formula is C15H20N6O11S2. The van der Waals surface area contributed by atoms with Crippen LogP contribution in [0.1, 0.15) is 19.5 Å². The first-order valence-electron chi connectivity index (χ1n) is 8.97. The maximum atomic E-state index is 12.9. The predicted octanol–water partition coefficient (Wildman–Crippen LogP) is -2.12. The molecule has 1 aromatic rings. The Morgan fingerprint density at radius 3 is 2.53 bits per heavy atom. The molecule has 0 radical (unpaired) electrons.